The quantitative estimate of drug-likeness (QED) is 0.743. The van der Waals surface area contributed by atoms with Gasteiger partial charge in [0.2, 0.25) is 18.2 Å². The van der Waals surface area contributed by atoms with Gasteiger partial charge in [0.1, 0.15) is 11.6 Å². The number of rotatable bonds is 4. The third kappa shape index (κ3) is 3.52. The van der Waals surface area contributed by atoms with Crippen LogP contribution in [0.25, 0.3) is 17.5 Å². The van der Waals surface area contributed by atoms with Crippen molar-refractivity contribution < 1.29 is 18.0 Å². The van der Waals surface area contributed by atoms with Gasteiger partial charge in [-0.2, -0.15) is 0 Å². The van der Waals surface area contributed by atoms with Gasteiger partial charge in [0.05, 0.1) is 0 Å². The van der Waals surface area contributed by atoms with Gasteiger partial charge in [0.25, 0.3) is 0 Å². The van der Waals surface area contributed by atoms with E-state index in [1.54, 1.807) is 24.3 Å². The minimum Gasteiger partial charge on any atom is -0.423 e. The molecule has 0 saturated heterocycles. The summed E-state index contributed by atoms with van der Waals surface area (Å²) in [5, 5.41) is 9.94. The van der Waals surface area contributed by atoms with E-state index in [9.17, 15) is 13.6 Å². The Hall–Kier alpha value is -3.35. The minimum atomic E-state index is -0.733. The van der Waals surface area contributed by atoms with Crippen LogP contribution in [0.3, 0.4) is 0 Å². The predicted molar refractivity (Wildman–Crippen MR) is 83.8 cm³/mol. The Morgan fingerprint density at radius 1 is 1.08 bits per heavy atom. The molecule has 0 radical (unpaired) electrons. The van der Waals surface area contributed by atoms with Crippen LogP contribution < -0.4 is 5.32 Å². The summed E-state index contributed by atoms with van der Waals surface area (Å²) in [6, 6.07) is 10.2. The van der Waals surface area contributed by atoms with E-state index in [4.69, 9.17) is 4.42 Å². The van der Waals surface area contributed by atoms with Gasteiger partial charge in [-0.3, -0.25) is 4.79 Å². The first kappa shape index (κ1) is 15.5. The van der Waals surface area contributed by atoms with Gasteiger partial charge < -0.3 is 9.73 Å². The van der Waals surface area contributed by atoms with Crippen molar-refractivity contribution in [1.29, 1.82) is 0 Å². The Morgan fingerprint density at radius 3 is 2.42 bits per heavy atom. The second-order valence-electron chi connectivity index (χ2n) is 4.78. The molecule has 120 valence electrons. The number of nitrogens with zero attached hydrogens (tertiary/aromatic N) is 2. The van der Waals surface area contributed by atoms with E-state index < -0.39 is 17.5 Å². The predicted octanol–water partition coefficient (Wildman–Crippen LogP) is 3.67. The summed E-state index contributed by atoms with van der Waals surface area (Å²) in [5.74, 6) is -1.61. The average Bonchev–Trinajstić information content (AvgIpc) is 3.09. The Bertz CT molecular complexity index is 855. The molecule has 7 heteroatoms. The summed E-state index contributed by atoms with van der Waals surface area (Å²) in [4.78, 5) is 11.8. The third-order valence-corrected chi connectivity index (χ3v) is 3.16. The first-order valence-corrected chi connectivity index (χ1v) is 6.93. The second-order valence-corrected chi connectivity index (χ2v) is 4.78. The number of anilines is 1. The number of hydrogen-bond acceptors (Lipinski definition) is 4. The van der Waals surface area contributed by atoms with Gasteiger partial charge in [-0.1, -0.05) is 6.07 Å². The molecule has 2 aromatic carbocycles. The Morgan fingerprint density at radius 2 is 1.79 bits per heavy atom. The fraction of sp³-hybridized carbons (Fsp3) is 0. The van der Waals surface area contributed by atoms with Crippen LogP contribution in [-0.2, 0) is 4.79 Å². The maximum absolute atomic E-state index is 13.5. The molecule has 0 spiro atoms. The monoisotopic (exact) mass is 327 g/mol. The van der Waals surface area contributed by atoms with Gasteiger partial charge in [-0.05, 0) is 42.5 Å². The number of hydrogen-bond donors (Lipinski definition) is 1. The van der Waals surface area contributed by atoms with Crippen molar-refractivity contribution in [3.63, 3.8) is 0 Å². The van der Waals surface area contributed by atoms with E-state index in [2.05, 4.69) is 15.5 Å². The summed E-state index contributed by atoms with van der Waals surface area (Å²) in [6.45, 7) is 0. The average molecular weight is 327 g/mol. The van der Waals surface area contributed by atoms with Crippen LogP contribution >= 0.6 is 0 Å². The summed E-state index contributed by atoms with van der Waals surface area (Å²) in [6.07, 6.45) is 3.37. The highest BCUT2D eigenvalue weighted by Gasteiger charge is 2.06. The lowest BCUT2D eigenvalue weighted by Crippen LogP contribution is -2.07. The summed E-state index contributed by atoms with van der Waals surface area (Å²) < 4.78 is 32.0. The maximum Gasteiger partial charge on any atom is 0.248 e. The summed E-state index contributed by atoms with van der Waals surface area (Å²) in [7, 11) is 0. The molecular weight excluding hydrogens is 316 g/mol. The molecule has 1 aromatic heterocycles. The first-order valence-electron chi connectivity index (χ1n) is 6.93. The molecule has 1 N–H and O–H groups in total. The Kier molecular flexibility index (Phi) is 4.42. The number of amides is 1. The molecule has 3 rings (SSSR count). The largest absolute Gasteiger partial charge is 0.423 e. The van der Waals surface area contributed by atoms with Crippen molar-refractivity contribution in [3.8, 4) is 11.5 Å². The van der Waals surface area contributed by atoms with E-state index in [1.165, 1.54) is 12.5 Å². The van der Waals surface area contributed by atoms with Crippen LogP contribution in [0.2, 0.25) is 0 Å². The smallest absolute Gasteiger partial charge is 0.248 e. The van der Waals surface area contributed by atoms with Crippen LogP contribution in [0, 0.1) is 11.6 Å². The molecule has 0 unspecified atom stereocenters. The van der Waals surface area contributed by atoms with Gasteiger partial charge in [-0.25, -0.2) is 8.78 Å². The normalized spacial score (nSPS) is 10.9. The highest BCUT2D eigenvalue weighted by molar-refractivity contribution is 6.02. The lowest BCUT2D eigenvalue weighted by atomic mass is 10.2. The number of carbonyl (C=O) groups excluding carboxylic acids is 1. The molecule has 0 aliphatic carbocycles. The fourth-order valence-corrected chi connectivity index (χ4v) is 2.01. The lowest BCUT2D eigenvalue weighted by Gasteiger charge is -2.03. The van der Waals surface area contributed by atoms with Crippen molar-refractivity contribution in [2.24, 2.45) is 0 Å². The van der Waals surface area contributed by atoms with E-state index in [-0.39, 0.29) is 5.56 Å². The van der Waals surface area contributed by atoms with Crippen molar-refractivity contribution >= 4 is 17.7 Å². The number of benzene rings is 2. The number of halogens is 2. The standard InChI is InChI=1S/C17H11F2N3O2/c18-14-2-1-3-15(19)13(14)8-9-16(23)21-12-6-4-11(5-7-12)17-22-20-10-24-17/h1-10H,(H,21,23). The zero-order chi connectivity index (χ0) is 16.9. The van der Waals surface area contributed by atoms with Gasteiger partial charge in [-0.15, -0.1) is 10.2 Å². The van der Waals surface area contributed by atoms with Crippen molar-refractivity contribution in [3.05, 3.63) is 72.1 Å². The molecular formula is C17H11F2N3O2. The first-order chi connectivity index (χ1) is 11.6. The second kappa shape index (κ2) is 6.82. The SMILES string of the molecule is O=C(C=Cc1c(F)cccc1F)Nc1ccc(-c2nnco2)cc1. The van der Waals surface area contributed by atoms with Crippen LogP contribution in [0.1, 0.15) is 5.56 Å². The molecule has 0 fully saturated rings. The summed E-state index contributed by atoms with van der Waals surface area (Å²) in [5.41, 5.74) is 0.954. The molecule has 24 heavy (non-hydrogen) atoms. The van der Waals surface area contributed by atoms with Crippen LogP contribution in [0.15, 0.2) is 59.4 Å². The zero-order valence-corrected chi connectivity index (χ0v) is 12.2. The highest BCUT2D eigenvalue weighted by Crippen LogP contribution is 2.19. The number of carbonyl (C=O) groups is 1. The van der Waals surface area contributed by atoms with E-state index >= 15 is 0 Å². The molecule has 5 nitrogen and oxygen atoms in total. The fourth-order valence-electron chi connectivity index (χ4n) is 2.01. The Labute approximate surface area is 135 Å². The van der Waals surface area contributed by atoms with Gasteiger partial charge in [0.15, 0.2) is 0 Å². The number of aromatic nitrogens is 2. The third-order valence-electron chi connectivity index (χ3n) is 3.16. The highest BCUT2D eigenvalue weighted by atomic mass is 19.1. The topological polar surface area (TPSA) is 68.0 Å². The van der Waals surface area contributed by atoms with Gasteiger partial charge >= 0.3 is 0 Å². The minimum absolute atomic E-state index is 0.264. The molecule has 0 saturated carbocycles. The van der Waals surface area contributed by atoms with Crippen molar-refractivity contribution in [2.75, 3.05) is 5.32 Å². The van der Waals surface area contributed by atoms with E-state index in [0.29, 0.717) is 17.1 Å². The van der Waals surface area contributed by atoms with Crippen LogP contribution in [0.5, 0.6) is 0 Å². The molecule has 1 amide bonds. The van der Waals surface area contributed by atoms with Crippen molar-refractivity contribution in [2.45, 2.75) is 0 Å². The van der Waals surface area contributed by atoms with E-state index in [0.717, 1.165) is 24.3 Å². The molecule has 0 atom stereocenters. The van der Waals surface area contributed by atoms with Crippen LogP contribution in [0.4, 0.5) is 14.5 Å². The van der Waals surface area contributed by atoms with E-state index in [1.807, 2.05) is 0 Å². The summed E-state index contributed by atoms with van der Waals surface area (Å²) >= 11 is 0. The zero-order valence-electron chi connectivity index (χ0n) is 12.2. The maximum atomic E-state index is 13.5. The van der Waals surface area contributed by atoms with Crippen LogP contribution in [-0.4, -0.2) is 16.1 Å². The Balaban J connectivity index is 1.68. The lowest BCUT2D eigenvalue weighted by molar-refractivity contribution is -0.111. The molecule has 0 aliphatic heterocycles. The van der Waals surface area contributed by atoms with Crippen molar-refractivity contribution in [1.82, 2.24) is 10.2 Å². The molecule has 0 bridgehead atoms. The molecule has 1 heterocycles. The number of nitrogens with one attached hydrogen (secondary N) is 1. The molecule has 0 aliphatic rings. The molecule has 3 aromatic rings. The van der Waals surface area contributed by atoms with Gasteiger partial charge in [0, 0.05) is 22.9 Å².